The summed E-state index contributed by atoms with van der Waals surface area (Å²) >= 11 is 3.42. The van der Waals surface area contributed by atoms with E-state index in [0.717, 1.165) is 29.3 Å². The van der Waals surface area contributed by atoms with E-state index in [1.165, 1.54) is 0 Å². The minimum Gasteiger partial charge on any atom is -0.465 e. The topological polar surface area (TPSA) is 67.8 Å². The quantitative estimate of drug-likeness (QED) is 0.598. The largest absolute Gasteiger partial charge is 0.465 e. The molecule has 1 aliphatic rings. The molecule has 1 aromatic carbocycles. The Morgan fingerprint density at radius 2 is 2.17 bits per heavy atom. The number of amides is 2. The van der Waals surface area contributed by atoms with E-state index in [2.05, 4.69) is 33.2 Å². The first-order chi connectivity index (χ1) is 11.0. The molecule has 6 heteroatoms. The standard InChI is InChI=1S/C17H21BrN2O3/c1-3-4-5-9-23-16(21)14-11(2)19-17(22)20-15(14)12-7-6-8-13(18)10-12/h6-8,10,14-15H,3-5,9H2,1-2H3,(H,20,22). The van der Waals surface area contributed by atoms with Gasteiger partial charge in [-0.15, -0.1) is 0 Å². The van der Waals surface area contributed by atoms with Gasteiger partial charge in [0.1, 0.15) is 5.92 Å². The molecule has 1 aliphatic heterocycles. The summed E-state index contributed by atoms with van der Waals surface area (Å²) in [6.07, 6.45) is 2.94. The fourth-order valence-electron chi connectivity index (χ4n) is 2.62. The van der Waals surface area contributed by atoms with Gasteiger partial charge in [0.2, 0.25) is 0 Å². The van der Waals surface area contributed by atoms with Crippen LogP contribution >= 0.6 is 15.9 Å². The summed E-state index contributed by atoms with van der Waals surface area (Å²) in [6, 6.07) is 6.65. The Bertz CT molecular complexity index is 616. The molecule has 0 radical (unpaired) electrons. The number of halogens is 1. The number of esters is 1. The first-order valence-corrected chi connectivity index (χ1v) is 8.60. The number of urea groups is 1. The van der Waals surface area contributed by atoms with Crippen molar-refractivity contribution in [3.8, 4) is 0 Å². The maximum Gasteiger partial charge on any atom is 0.341 e. The molecule has 0 spiro atoms. The number of carbonyl (C=O) groups excluding carboxylic acids is 2. The van der Waals surface area contributed by atoms with Crippen LogP contribution in [0.1, 0.15) is 44.7 Å². The van der Waals surface area contributed by atoms with Crippen molar-refractivity contribution < 1.29 is 14.3 Å². The van der Waals surface area contributed by atoms with Gasteiger partial charge in [0.25, 0.3) is 0 Å². The van der Waals surface area contributed by atoms with E-state index in [9.17, 15) is 9.59 Å². The van der Waals surface area contributed by atoms with Gasteiger partial charge in [0.15, 0.2) is 0 Å². The van der Waals surface area contributed by atoms with E-state index in [4.69, 9.17) is 4.74 Å². The summed E-state index contributed by atoms with van der Waals surface area (Å²) in [4.78, 5) is 28.1. The summed E-state index contributed by atoms with van der Waals surface area (Å²) < 4.78 is 6.28. The van der Waals surface area contributed by atoms with Gasteiger partial charge in [0.05, 0.1) is 12.6 Å². The molecular weight excluding hydrogens is 360 g/mol. The monoisotopic (exact) mass is 380 g/mol. The van der Waals surface area contributed by atoms with Crippen LogP contribution < -0.4 is 5.32 Å². The fraction of sp³-hybridized carbons (Fsp3) is 0.471. The van der Waals surface area contributed by atoms with E-state index in [1.807, 2.05) is 24.3 Å². The second kappa shape index (κ2) is 8.24. The third kappa shape index (κ3) is 4.64. The smallest absolute Gasteiger partial charge is 0.341 e. The minimum absolute atomic E-state index is 0.340. The summed E-state index contributed by atoms with van der Waals surface area (Å²) in [5.74, 6) is -0.934. The number of nitrogens with zero attached hydrogens (tertiary/aromatic N) is 1. The highest BCUT2D eigenvalue weighted by Crippen LogP contribution is 2.29. The molecule has 23 heavy (non-hydrogen) atoms. The average molecular weight is 381 g/mol. The van der Waals surface area contributed by atoms with Crippen LogP contribution in [0.25, 0.3) is 0 Å². The highest BCUT2D eigenvalue weighted by atomic mass is 79.9. The zero-order valence-corrected chi connectivity index (χ0v) is 14.9. The van der Waals surface area contributed by atoms with Crippen LogP contribution in [-0.2, 0) is 9.53 Å². The lowest BCUT2D eigenvalue weighted by atomic mass is 9.88. The molecule has 0 bridgehead atoms. The first kappa shape index (κ1) is 17.7. The molecule has 1 heterocycles. The van der Waals surface area contributed by atoms with E-state index in [-0.39, 0.29) is 5.97 Å². The Hall–Kier alpha value is -1.69. The molecule has 5 nitrogen and oxygen atoms in total. The molecule has 0 fully saturated rings. The Kier molecular flexibility index (Phi) is 6.33. The molecule has 0 saturated heterocycles. The summed E-state index contributed by atoms with van der Waals surface area (Å²) in [6.45, 7) is 4.19. The van der Waals surface area contributed by atoms with Crippen LogP contribution in [-0.4, -0.2) is 24.3 Å². The second-order valence-corrected chi connectivity index (χ2v) is 6.50. The molecular formula is C17H21BrN2O3. The third-order valence-electron chi connectivity index (χ3n) is 3.79. The van der Waals surface area contributed by atoms with Crippen LogP contribution in [0.2, 0.25) is 0 Å². The van der Waals surface area contributed by atoms with Gasteiger partial charge in [-0.1, -0.05) is 47.8 Å². The molecule has 1 N–H and O–H groups in total. The zero-order valence-electron chi connectivity index (χ0n) is 13.3. The van der Waals surface area contributed by atoms with Crippen LogP contribution in [0.4, 0.5) is 4.79 Å². The van der Waals surface area contributed by atoms with Gasteiger partial charge in [0, 0.05) is 10.2 Å². The summed E-state index contributed by atoms with van der Waals surface area (Å²) in [5.41, 5.74) is 1.33. The van der Waals surface area contributed by atoms with Crippen molar-refractivity contribution in [2.75, 3.05) is 6.61 Å². The van der Waals surface area contributed by atoms with Crippen molar-refractivity contribution in [2.45, 2.75) is 39.2 Å². The number of rotatable bonds is 6. The molecule has 2 atom stereocenters. The second-order valence-electron chi connectivity index (χ2n) is 5.59. The van der Waals surface area contributed by atoms with Crippen LogP contribution in [0.15, 0.2) is 33.7 Å². The Balaban J connectivity index is 2.19. The molecule has 124 valence electrons. The molecule has 1 aromatic rings. The normalized spacial score (nSPS) is 20.7. The fourth-order valence-corrected chi connectivity index (χ4v) is 3.03. The van der Waals surface area contributed by atoms with Crippen LogP contribution in [0.3, 0.4) is 0 Å². The van der Waals surface area contributed by atoms with Gasteiger partial charge in [-0.05, 0) is 31.0 Å². The number of hydrogen-bond acceptors (Lipinski definition) is 3. The van der Waals surface area contributed by atoms with Crippen molar-refractivity contribution in [2.24, 2.45) is 10.9 Å². The van der Waals surface area contributed by atoms with Gasteiger partial charge < -0.3 is 10.1 Å². The number of hydrogen-bond donors (Lipinski definition) is 1. The molecule has 2 rings (SSSR count). The molecule has 0 aromatic heterocycles. The zero-order chi connectivity index (χ0) is 16.8. The highest BCUT2D eigenvalue weighted by Gasteiger charge is 2.37. The lowest BCUT2D eigenvalue weighted by Gasteiger charge is -2.29. The maximum absolute atomic E-state index is 12.5. The molecule has 2 unspecified atom stereocenters. The van der Waals surface area contributed by atoms with Gasteiger partial charge in [-0.3, -0.25) is 4.79 Å². The summed E-state index contributed by atoms with van der Waals surface area (Å²) in [7, 11) is 0. The van der Waals surface area contributed by atoms with E-state index in [1.54, 1.807) is 6.92 Å². The summed E-state index contributed by atoms with van der Waals surface area (Å²) in [5, 5.41) is 2.77. The Morgan fingerprint density at radius 3 is 2.87 bits per heavy atom. The minimum atomic E-state index is -0.594. The first-order valence-electron chi connectivity index (χ1n) is 7.80. The number of benzene rings is 1. The molecule has 0 saturated carbocycles. The Morgan fingerprint density at radius 1 is 1.39 bits per heavy atom. The van der Waals surface area contributed by atoms with E-state index in [0.29, 0.717) is 12.3 Å². The van der Waals surface area contributed by atoms with Crippen molar-refractivity contribution >= 4 is 33.6 Å². The molecule has 2 amide bonds. The number of ether oxygens (including phenoxy) is 1. The van der Waals surface area contributed by atoms with Gasteiger partial charge >= 0.3 is 12.0 Å². The predicted octanol–water partition coefficient (Wildman–Crippen LogP) is 4.02. The SMILES string of the molecule is CCCCCOC(=O)C1C(C)=NC(=O)NC1c1cccc(Br)c1. The number of nitrogens with one attached hydrogen (secondary N) is 1. The van der Waals surface area contributed by atoms with E-state index < -0.39 is 18.0 Å². The predicted molar refractivity (Wildman–Crippen MR) is 92.5 cm³/mol. The number of unbranched alkanes of at least 4 members (excludes halogenated alkanes) is 2. The van der Waals surface area contributed by atoms with Crippen molar-refractivity contribution in [3.05, 3.63) is 34.3 Å². The average Bonchev–Trinajstić information content (AvgIpc) is 2.50. The van der Waals surface area contributed by atoms with Crippen molar-refractivity contribution in [1.82, 2.24) is 5.32 Å². The van der Waals surface area contributed by atoms with Crippen molar-refractivity contribution in [1.29, 1.82) is 0 Å². The third-order valence-corrected chi connectivity index (χ3v) is 4.29. The van der Waals surface area contributed by atoms with Crippen LogP contribution in [0, 0.1) is 5.92 Å². The van der Waals surface area contributed by atoms with Crippen molar-refractivity contribution in [3.63, 3.8) is 0 Å². The van der Waals surface area contributed by atoms with Crippen LogP contribution in [0.5, 0.6) is 0 Å². The van der Waals surface area contributed by atoms with Gasteiger partial charge in [-0.25, -0.2) is 9.79 Å². The lowest BCUT2D eigenvalue weighted by Crippen LogP contribution is -2.44. The molecule has 0 aliphatic carbocycles. The number of aliphatic imine (C=N–C) groups is 1. The Labute approximate surface area is 144 Å². The van der Waals surface area contributed by atoms with E-state index >= 15 is 0 Å². The number of carbonyl (C=O) groups is 2. The maximum atomic E-state index is 12.5. The highest BCUT2D eigenvalue weighted by molar-refractivity contribution is 9.10. The van der Waals surface area contributed by atoms with Gasteiger partial charge in [-0.2, -0.15) is 0 Å². The lowest BCUT2D eigenvalue weighted by molar-refractivity contribution is -0.147.